The van der Waals surface area contributed by atoms with Crippen LogP contribution in [0.15, 0.2) is 29.3 Å². The van der Waals surface area contributed by atoms with Crippen molar-refractivity contribution < 1.29 is 4.74 Å². The van der Waals surface area contributed by atoms with Gasteiger partial charge in [0.25, 0.3) is 0 Å². The second kappa shape index (κ2) is 8.76. The Bertz CT molecular complexity index is 483. The Balaban J connectivity index is 2.53. The van der Waals surface area contributed by atoms with Gasteiger partial charge in [-0.3, -0.25) is 4.99 Å². The van der Waals surface area contributed by atoms with Gasteiger partial charge in [-0.2, -0.15) is 0 Å². The lowest BCUT2D eigenvalue weighted by Gasteiger charge is -2.24. The molecular weight excluding hydrogens is 276 g/mol. The molecule has 0 fully saturated rings. The largest absolute Gasteiger partial charge is 0.377 e. The summed E-state index contributed by atoms with van der Waals surface area (Å²) >= 11 is 0. The van der Waals surface area contributed by atoms with Crippen LogP contribution in [0.3, 0.4) is 0 Å². The molecule has 0 bridgehead atoms. The van der Waals surface area contributed by atoms with E-state index in [0.29, 0.717) is 6.54 Å². The predicted octanol–water partition coefficient (Wildman–Crippen LogP) is 1.84. The van der Waals surface area contributed by atoms with Crippen molar-refractivity contribution in [1.29, 1.82) is 0 Å². The summed E-state index contributed by atoms with van der Waals surface area (Å²) in [5, 5.41) is 6.62. The molecule has 1 aromatic carbocycles. The predicted molar refractivity (Wildman–Crippen MR) is 93.1 cm³/mol. The Kier molecular flexibility index (Phi) is 7.35. The van der Waals surface area contributed by atoms with Crippen LogP contribution in [0.4, 0.5) is 0 Å². The highest BCUT2D eigenvalue weighted by Crippen LogP contribution is 2.07. The third-order valence-electron chi connectivity index (χ3n) is 3.41. The SMILES string of the molecule is CN=C(NCc1cccc(CN(C)C)c1)NCC(C)(C)OC. The Labute approximate surface area is 134 Å². The molecule has 0 saturated heterocycles. The number of nitrogens with one attached hydrogen (secondary N) is 2. The summed E-state index contributed by atoms with van der Waals surface area (Å²) in [6.45, 7) is 6.47. The van der Waals surface area contributed by atoms with Gasteiger partial charge >= 0.3 is 0 Å². The average Bonchev–Trinajstić information content (AvgIpc) is 2.47. The molecule has 0 aliphatic rings. The van der Waals surface area contributed by atoms with E-state index in [2.05, 4.69) is 58.9 Å². The molecule has 0 amide bonds. The molecule has 0 heterocycles. The number of hydrogen-bond acceptors (Lipinski definition) is 3. The van der Waals surface area contributed by atoms with Gasteiger partial charge in [-0.25, -0.2) is 0 Å². The quantitative estimate of drug-likeness (QED) is 0.596. The minimum Gasteiger partial charge on any atom is -0.377 e. The number of hydrogen-bond donors (Lipinski definition) is 2. The molecular formula is C17H30N4O. The molecule has 0 aromatic heterocycles. The monoisotopic (exact) mass is 306 g/mol. The summed E-state index contributed by atoms with van der Waals surface area (Å²) in [4.78, 5) is 6.41. The number of rotatable bonds is 7. The lowest BCUT2D eigenvalue weighted by atomic mass is 10.1. The van der Waals surface area contributed by atoms with Crippen LogP contribution < -0.4 is 10.6 Å². The zero-order valence-electron chi connectivity index (χ0n) is 14.7. The van der Waals surface area contributed by atoms with Crippen LogP contribution in [-0.2, 0) is 17.8 Å². The van der Waals surface area contributed by atoms with Crippen molar-refractivity contribution in [2.75, 3.05) is 34.8 Å². The van der Waals surface area contributed by atoms with Gasteiger partial charge in [-0.05, 0) is 39.1 Å². The highest BCUT2D eigenvalue weighted by Gasteiger charge is 2.16. The van der Waals surface area contributed by atoms with E-state index in [9.17, 15) is 0 Å². The summed E-state index contributed by atoms with van der Waals surface area (Å²) in [5.74, 6) is 0.781. The fourth-order valence-electron chi connectivity index (χ4n) is 1.98. The highest BCUT2D eigenvalue weighted by atomic mass is 16.5. The zero-order valence-corrected chi connectivity index (χ0v) is 14.7. The molecule has 22 heavy (non-hydrogen) atoms. The summed E-state index contributed by atoms with van der Waals surface area (Å²) in [6.07, 6.45) is 0. The van der Waals surface area contributed by atoms with Crippen LogP contribution in [0.1, 0.15) is 25.0 Å². The maximum Gasteiger partial charge on any atom is 0.191 e. The van der Waals surface area contributed by atoms with E-state index < -0.39 is 0 Å². The molecule has 0 radical (unpaired) electrons. The van der Waals surface area contributed by atoms with E-state index in [-0.39, 0.29) is 5.60 Å². The fraction of sp³-hybridized carbons (Fsp3) is 0.588. The van der Waals surface area contributed by atoms with E-state index in [1.807, 2.05) is 13.8 Å². The van der Waals surface area contributed by atoms with Crippen molar-refractivity contribution in [2.45, 2.75) is 32.5 Å². The standard InChI is InChI=1S/C17H30N4O/c1-17(2,22-6)13-20-16(18-3)19-11-14-8-7-9-15(10-14)12-21(4)5/h7-10H,11-13H2,1-6H3,(H2,18,19,20). The van der Waals surface area contributed by atoms with Gasteiger partial charge in [0.05, 0.1) is 5.60 Å². The van der Waals surface area contributed by atoms with Gasteiger partial charge in [0.1, 0.15) is 0 Å². The first-order chi connectivity index (χ1) is 10.4. The fourth-order valence-corrected chi connectivity index (χ4v) is 1.98. The first-order valence-corrected chi connectivity index (χ1v) is 7.58. The van der Waals surface area contributed by atoms with Gasteiger partial charge in [-0.15, -0.1) is 0 Å². The first kappa shape index (κ1) is 18.5. The number of benzene rings is 1. The van der Waals surface area contributed by atoms with Crippen molar-refractivity contribution in [1.82, 2.24) is 15.5 Å². The molecule has 0 unspecified atom stereocenters. The number of methoxy groups -OCH3 is 1. The van der Waals surface area contributed by atoms with Gasteiger partial charge in [-0.1, -0.05) is 24.3 Å². The number of ether oxygens (including phenoxy) is 1. The second-order valence-electron chi connectivity index (χ2n) is 6.30. The summed E-state index contributed by atoms with van der Waals surface area (Å²) in [7, 11) is 7.65. The lowest BCUT2D eigenvalue weighted by molar-refractivity contribution is 0.0268. The normalized spacial score (nSPS) is 12.6. The molecule has 5 heteroatoms. The maximum atomic E-state index is 5.40. The lowest BCUT2D eigenvalue weighted by Crippen LogP contribution is -2.45. The van der Waals surface area contributed by atoms with Crippen molar-refractivity contribution in [3.8, 4) is 0 Å². The summed E-state index contributed by atoms with van der Waals surface area (Å²) in [6, 6.07) is 8.59. The first-order valence-electron chi connectivity index (χ1n) is 7.58. The number of aliphatic imine (C=N–C) groups is 1. The maximum absolute atomic E-state index is 5.40. The van der Waals surface area contributed by atoms with E-state index >= 15 is 0 Å². The van der Waals surface area contributed by atoms with Crippen LogP contribution in [0.2, 0.25) is 0 Å². The minimum absolute atomic E-state index is 0.219. The molecule has 5 nitrogen and oxygen atoms in total. The Morgan fingerprint density at radius 2 is 1.91 bits per heavy atom. The summed E-state index contributed by atoms with van der Waals surface area (Å²) < 4.78 is 5.40. The minimum atomic E-state index is -0.219. The van der Waals surface area contributed by atoms with Crippen LogP contribution in [-0.4, -0.2) is 51.3 Å². The van der Waals surface area contributed by atoms with E-state index in [4.69, 9.17) is 4.74 Å². The topological polar surface area (TPSA) is 48.9 Å². The molecule has 1 aromatic rings. The number of nitrogens with zero attached hydrogens (tertiary/aromatic N) is 2. The average molecular weight is 306 g/mol. The molecule has 0 spiro atoms. The molecule has 124 valence electrons. The van der Waals surface area contributed by atoms with Crippen molar-refractivity contribution in [3.05, 3.63) is 35.4 Å². The van der Waals surface area contributed by atoms with Crippen LogP contribution >= 0.6 is 0 Å². The smallest absolute Gasteiger partial charge is 0.191 e. The Hall–Kier alpha value is -1.59. The molecule has 2 N–H and O–H groups in total. The van der Waals surface area contributed by atoms with E-state index in [1.54, 1.807) is 14.2 Å². The van der Waals surface area contributed by atoms with Crippen LogP contribution in [0.25, 0.3) is 0 Å². The van der Waals surface area contributed by atoms with E-state index in [1.165, 1.54) is 11.1 Å². The third kappa shape index (κ3) is 6.91. The Morgan fingerprint density at radius 1 is 1.23 bits per heavy atom. The van der Waals surface area contributed by atoms with Gasteiger partial charge in [0.15, 0.2) is 5.96 Å². The Morgan fingerprint density at radius 3 is 2.50 bits per heavy atom. The number of guanidine groups is 1. The highest BCUT2D eigenvalue weighted by molar-refractivity contribution is 5.79. The van der Waals surface area contributed by atoms with Gasteiger partial charge in [0.2, 0.25) is 0 Å². The molecule has 0 saturated carbocycles. The second-order valence-corrected chi connectivity index (χ2v) is 6.30. The molecule has 0 aliphatic carbocycles. The van der Waals surface area contributed by atoms with Gasteiger partial charge in [0, 0.05) is 33.8 Å². The van der Waals surface area contributed by atoms with Crippen molar-refractivity contribution in [3.63, 3.8) is 0 Å². The third-order valence-corrected chi connectivity index (χ3v) is 3.41. The van der Waals surface area contributed by atoms with Crippen LogP contribution in [0, 0.1) is 0 Å². The van der Waals surface area contributed by atoms with Crippen molar-refractivity contribution >= 4 is 5.96 Å². The van der Waals surface area contributed by atoms with Gasteiger partial charge < -0.3 is 20.3 Å². The van der Waals surface area contributed by atoms with Crippen molar-refractivity contribution in [2.24, 2.45) is 4.99 Å². The molecule has 1 rings (SSSR count). The van der Waals surface area contributed by atoms with Crippen LogP contribution in [0.5, 0.6) is 0 Å². The summed E-state index contributed by atoms with van der Waals surface area (Å²) in [5.41, 5.74) is 2.34. The van der Waals surface area contributed by atoms with E-state index in [0.717, 1.165) is 19.0 Å². The molecule has 0 aliphatic heterocycles. The molecule has 0 atom stereocenters. The zero-order chi connectivity index (χ0) is 16.6.